The Labute approximate surface area is 106 Å². The minimum Gasteiger partial charge on any atom is -0.409 e. The molecule has 1 aliphatic rings. The van der Waals surface area contributed by atoms with E-state index in [1.165, 1.54) is 0 Å². The number of rotatable bonds is 6. The van der Waals surface area contributed by atoms with Gasteiger partial charge in [-0.15, -0.1) is 0 Å². The van der Waals surface area contributed by atoms with Crippen LogP contribution < -0.4 is 5.73 Å². The highest BCUT2D eigenvalue weighted by Crippen LogP contribution is 2.24. The summed E-state index contributed by atoms with van der Waals surface area (Å²) in [5, 5.41) is 11.6. The van der Waals surface area contributed by atoms with Crippen molar-refractivity contribution in [1.29, 1.82) is 0 Å². The Hall–Kier alpha value is -0.910. The minimum atomic E-state index is 0.106. The molecule has 1 fully saturated rings. The molecule has 5 nitrogen and oxygen atoms in total. The molecular weight excluding hydrogens is 238 g/mol. The lowest BCUT2D eigenvalue weighted by molar-refractivity contribution is -0.132. The molecule has 0 aromatic rings. The molecule has 0 heterocycles. The maximum Gasteiger partial charge on any atom is 0.224 e. The minimum absolute atomic E-state index is 0.106. The van der Waals surface area contributed by atoms with Gasteiger partial charge in [-0.25, -0.2) is 0 Å². The van der Waals surface area contributed by atoms with Crippen molar-refractivity contribution in [2.45, 2.75) is 38.1 Å². The van der Waals surface area contributed by atoms with E-state index in [9.17, 15) is 4.79 Å². The average Bonchev–Trinajstić information content (AvgIpc) is 2.86. The Morgan fingerprint density at radius 3 is 2.71 bits per heavy atom. The summed E-state index contributed by atoms with van der Waals surface area (Å²) in [5.41, 5.74) is 5.51. The van der Waals surface area contributed by atoms with Crippen molar-refractivity contribution in [2.24, 2.45) is 10.9 Å². The van der Waals surface area contributed by atoms with Gasteiger partial charge in [-0.05, 0) is 19.1 Å². The molecule has 0 aromatic carbocycles. The fourth-order valence-electron chi connectivity index (χ4n) is 2.18. The van der Waals surface area contributed by atoms with E-state index >= 15 is 0 Å². The van der Waals surface area contributed by atoms with Gasteiger partial charge in [-0.2, -0.15) is 11.8 Å². The molecule has 1 saturated carbocycles. The molecule has 6 heteroatoms. The molecule has 1 amide bonds. The van der Waals surface area contributed by atoms with Gasteiger partial charge < -0.3 is 15.8 Å². The quantitative estimate of drug-likeness (QED) is 0.326. The van der Waals surface area contributed by atoms with Gasteiger partial charge >= 0.3 is 0 Å². The fraction of sp³-hybridized carbons (Fsp3) is 0.818. The van der Waals surface area contributed by atoms with E-state index in [0.29, 0.717) is 6.42 Å². The summed E-state index contributed by atoms with van der Waals surface area (Å²) in [5.74, 6) is 1.03. The Bertz CT molecular complexity index is 278. The highest BCUT2D eigenvalue weighted by Gasteiger charge is 2.26. The molecule has 0 unspecified atom stereocenters. The lowest BCUT2D eigenvalue weighted by Gasteiger charge is -2.28. The fourth-order valence-corrected chi connectivity index (χ4v) is 2.55. The van der Waals surface area contributed by atoms with Crippen LogP contribution in [0.1, 0.15) is 32.1 Å². The first-order chi connectivity index (χ1) is 8.19. The molecule has 1 aliphatic carbocycles. The number of oxime groups is 1. The SMILES string of the molecule is CSCCC(=O)N(CC(N)=NO)C1CCCC1. The number of amidine groups is 1. The monoisotopic (exact) mass is 259 g/mol. The molecule has 0 radical (unpaired) electrons. The molecule has 0 saturated heterocycles. The summed E-state index contributed by atoms with van der Waals surface area (Å²) >= 11 is 1.66. The van der Waals surface area contributed by atoms with Crippen molar-refractivity contribution < 1.29 is 10.0 Å². The zero-order chi connectivity index (χ0) is 12.7. The van der Waals surface area contributed by atoms with Gasteiger partial charge in [0, 0.05) is 18.2 Å². The summed E-state index contributed by atoms with van der Waals surface area (Å²) in [6, 6.07) is 0.268. The molecule has 1 rings (SSSR count). The second-order valence-electron chi connectivity index (χ2n) is 4.29. The van der Waals surface area contributed by atoms with E-state index in [2.05, 4.69) is 5.16 Å². The van der Waals surface area contributed by atoms with Crippen molar-refractivity contribution in [1.82, 2.24) is 4.90 Å². The molecule has 3 N–H and O–H groups in total. The van der Waals surface area contributed by atoms with Crippen molar-refractivity contribution in [2.75, 3.05) is 18.6 Å². The first-order valence-electron chi connectivity index (χ1n) is 5.93. The molecular formula is C11H21N3O2S. The number of amides is 1. The number of thioether (sulfide) groups is 1. The molecule has 0 spiro atoms. The van der Waals surface area contributed by atoms with Crippen LogP contribution >= 0.6 is 11.8 Å². The predicted molar refractivity (Wildman–Crippen MR) is 70.4 cm³/mol. The Balaban J connectivity index is 2.60. The van der Waals surface area contributed by atoms with Crippen LogP contribution in [0.15, 0.2) is 5.16 Å². The first-order valence-corrected chi connectivity index (χ1v) is 7.33. The summed E-state index contributed by atoms with van der Waals surface area (Å²) in [6.07, 6.45) is 6.89. The van der Waals surface area contributed by atoms with E-state index in [0.717, 1.165) is 31.4 Å². The number of hydrogen-bond donors (Lipinski definition) is 2. The van der Waals surface area contributed by atoms with Crippen molar-refractivity contribution in [3.05, 3.63) is 0 Å². The van der Waals surface area contributed by atoms with E-state index in [1.807, 2.05) is 6.26 Å². The van der Waals surface area contributed by atoms with E-state index in [-0.39, 0.29) is 24.3 Å². The van der Waals surface area contributed by atoms with Gasteiger partial charge in [0.1, 0.15) is 0 Å². The number of nitrogens with zero attached hydrogens (tertiary/aromatic N) is 2. The third kappa shape index (κ3) is 4.46. The Kier molecular flexibility index (Phi) is 6.18. The summed E-state index contributed by atoms with van der Waals surface area (Å²) in [7, 11) is 0. The molecule has 0 bridgehead atoms. The van der Waals surface area contributed by atoms with Gasteiger partial charge in [0.25, 0.3) is 0 Å². The van der Waals surface area contributed by atoms with Gasteiger partial charge in [0.05, 0.1) is 6.54 Å². The maximum absolute atomic E-state index is 12.1. The smallest absolute Gasteiger partial charge is 0.224 e. The van der Waals surface area contributed by atoms with E-state index in [1.54, 1.807) is 16.7 Å². The van der Waals surface area contributed by atoms with Gasteiger partial charge in [0.15, 0.2) is 5.84 Å². The molecule has 0 aliphatic heterocycles. The molecule has 98 valence electrons. The number of hydrogen-bond acceptors (Lipinski definition) is 4. The van der Waals surface area contributed by atoms with Crippen LogP contribution in [0.3, 0.4) is 0 Å². The van der Waals surface area contributed by atoms with E-state index < -0.39 is 0 Å². The highest BCUT2D eigenvalue weighted by atomic mass is 32.2. The van der Waals surface area contributed by atoms with Crippen LogP contribution in [0, 0.1) is 0 Å². The summed E-state index contributed by atoms with van der Waals surface area (Å²) in [6.45, 7) is 0.244. The largest absolute Gasteiger partial charge is 0.409 e. The summed E-state index contributed by atoms with van der Waals surface area (Å²) in [4.78, 5) is 13.8. The zero-order valence-corrected chi connectivity index (χ0v) is 11.1. The second-order valence-corrected chi connectivity index (χ2v) is 5.28. The van der Waals surface area contributed by atoms with Crippen LogP contribution in [-0.2, 0) is 4.79 Å². The lowest BCUT2D eigenvalue weighted by atomic mass is 10.2. The van der Waals surface area contributed by atoms with Crippen LogP contribution in [0.2, 0.25) is 0 Å². The Morgan fingerprint density at radius 2 is 2.18 bits per heavy atom. The Morgan fingerprint density at radius 1 is 1.53 bits per heavy atom. The number of carbonyl (C=O) groups is 1. The second kappa shape index (κ2) is 7.42. The van der Waals surface area contributed by atoms with Gasteiger partial charge in [-0.1, -0.05) is 18.0 Å². The lowest BCUT2D eigenvalue weighted by Crippen LogP contribution is -2.44. The zero-order valence-electron chi connectivity index (χ0n) is 10.3. The van der Waals surface area contributed by atoms with Crippen molar-refractivity contribution in [3.63, 3.8) is 0 Å². The van der Waals surface area contributed by atoms with Crippen LogP contribution in [-0.4, -0.2) is 46.4 Å². The van der Waals surface area contributed by atoms with Crippen LogP contribution in [0.5, 0.6) is 0 Å². The van der Waals surface area contributed by atoms with Gasteiger partial charge in [0.2, 0.25) is 5.91 Å². The first kappa shape index (κ1) is 14.2. The highest BCUT2D eigenvalue weighted by molar-refractivity contribution is 7.98. The normalized spacial score (nSPS) is 17.4. The third-order valence-electron chi connectivity index (χ3n) is 3.07. The van der Waals surface area contributed by atoms with Crippen LogP contribution in [0.25, 0.3) is 0 Å². The molecule has 17 heavy (non-hydrogen) atoms. The van der Waals surface area contributed by atoms with Crippen molar-refractivity contribution in [3.8, 4) is 0 Å². The molecule has 0 aromatic heterocycles. The third-order valence-corrected chi connectivity index (χ3v) is 3.68. The molecule has 0 atom stereocenters. The number of nitrogens with two attached hydrogens (primary N) is 1. The number of carbonyl (C=O) groups excluding carboxylic acids is 1. The average molecular weight is 259 g/mol. The topological polar surface area (TPSA) is 78.9 Å². The maximum atomic E-state index is 12.1. The van der Waals surface area contributed by atoms with Crippen molar-refractivity contribution >= 4 is 23.5 Å². The van der Waals surface area contributed by atoms with Crippen LogP contribution in [0.4, 0.5) is 0 Å². The summed E-state index contributed by atoms with van der Waals surface area (Å²) < 4.78 is 0. The van der Waals surface area contributed by atoms with Gasteiger partial charge in [-0.3, -0.25) is 4.79 Å². The predicted octanol–water partition coefficient (Wildman–Crippen LogP) is 1.26. The van der Waals surface area contributed by atoms with E-state index in [4.69, 9.17) is 10.9 Å². The standard InChI is InChI=1S/C11H21N3O2S/c1-17-7-6-11(15)14(8-10(12)13-16)9-4-2-3-5-9/h9,16H,2-8H2,1H3,(H2,12,13).